The largest absolute Gasteiger partial charge is 0.268 e. The molecule has 0 saturated heterocycles. The summed E-state index contributed by atoms with van der Waals surface area (Å²) in [7, 11) is -3.73. The van der Waals surface area contributed by atoms with Gasteiger partial charge < -0.3 is 0 Å². The minimum Gasteiger partial charge on any atom is -0.268 e. The van der Waals surface area contributed by atoms with E-state index in [9.17, 15) is 17.6 Å². The van der Waals surface area contributed by atoms with Crippen LogP contribution in [0.15, 0.2) is 12.1 Å². The van der Waals surface area contributed by atoms with Crippen molar-refractivity contribution in [3.8, 4) is 0 Å². The van der Waals surface area contributed by atoms with Crippen LogP contribution in [0.1, 0.15) is 22.8 Å². The van der Waals surface area contributed by atoms with E-state index >= 15 is 0 Å². The highest BCUT2D eigenvalue weighted by Crippen LogP contribution is 2.23. The summed E-state index contributed by atoms with van der Waals surface area (Å²) in [6.07, 6.45) is 0. The molecule has 0 aromatic heterocycles. The number of rotatable bonds is 4. The Balaban J connectivity index is 3.11. The Labute approximate surface area is 118 Å². The van der Waals surface area contributed by atoms with Gasteiger partial charge in [-0.25, -0.2) is 17.5 Å². The molecule has 0 aliphatic carbocycles. The van der Waals surface area contributed by atoms with E-state index in [0.29, 0.717) is 10.9 Å². The van der Waals surface area contributed by atoms with E-state index < -0.39 is 27.3 Å². The fourth-order valence-electron chi connectivity index (χ4n) is 1.13. The number of amides is 1. The Morgan fingerprint density at radius 1 is 1.50 bits per heavy atom. The summed E-state index contributed by atoms with van der Waals surface area (Å²) < 4.78 is 37.8. The molecule has 0 spiro atoms. The maximum atomic E-state index is 13.6. The Morgan fingerprint density at radius 2 is 2.11 bits per heavy atom. The predicted octanol–water partition coefficient (Wildman–Crippen LogP) is 2.45. The SMILES string of the molecule is CCS(=O)(=O)NC(=O)c1cc(Cl)c(CBr)cc1F. The van der Waals surface area contributed by atoms with Gasteiger partial charge in [0.15, 0.2) is 0 Å². The second-order valence-electron chi connectivity index (χ2n) is 3.39. The van der Waals surface area contributed by atoms with Crippen molar-refractivity contribution in [1.82, 2.24) is 4.72 Å². The van der Waals surface area contributed by atoms with E-state index in [1.807, 2.05) is 0 Å². The zero-order chi connectivity index (χ0) is 13.9. The van der Waals surface area contributed by atoms with Crippen LogP contribution < -0.4 is 4.72 Å². The standard InChI is InChI=1S/C10H10BrClFNO3S/c1-2-18(16,17)14-10(15)7-4-8(12)6(5-11)3-9(7)13/h3-4H,2,5H2,1H3,(H,14,15). The number of carbonyl (C=O) groups excluding carboxylic acids is 1. The highest BCUT2D eigenvalue weighted by molar-refractivity contribution is 9.08. The number of hydrogen-bond donors (Lipinski definition) is 1. The van der Waals surface area contributed by atoms with Gasteiger partial charge in [-0.2, -0.15) is 0 Å². The van der Waals surface area contributed by atoms with Crippen LogP contribution in [0.25, 0.3) is 0 Å². The molecule has 1 rings (SSSR count). The van der Waals surface area contributed by atoms with Crippen LogP contribution in [0.5, 0.6) is 0 Å². The van der Waals surface area contributed by atoms with E-state index in [-0.39, 0.29) is 10.8 Å². The maximum Gasteiger partial charge on any atom is 0.267 e. The van der Waals surface area contributed by atoms with Crippen molar-refractivity contribution in [1.29, 1.82) is 0 Å². The van der Waals surface area contributed by atoms with Crippen LogP contribution in [0.3, 0.4) is 0 Å². The topological polar surface area (TPSA) is 63.2 Å². The number of nitrogens with one attached hydrogen (secondary N) is 1. The van der Waals surface area contributed by atoms with Crippen molar-refractivity contribution in [2.45, 2.75) is 12.3 Å². The van der Waals surface area contributed by atoms with Gasteiger partial charge in [-0.3, -0.25) is 4.79 Å². The summed E-state index contributed by atoms with van der Waals surface area (Å²) in [5, 5.41) is 0.519. The molecule has 1 aromatic rings. The minimum absolute atomic E-state index is 0.187. The first-order valence-electron chi connectivity index (χ1n) is 4.89. The molecule has 0 atom stereocenters. The first-order valence-corrected chi connectivity index (χ1v) is 8.04. The molecule has 0 aliphatic heterocycles. The Kier molecular flexibility index (Phi) is 5.12. The van der Waals surface area contributed by atoms with Crippen LogP contribution in [0.2, 0.25) is 5.02 Å². The third-order valence-corrected chi connectivity index (χ3v) is 4.37. The molecule has 0 fully saturated rings. The molecule has 1 aromatic carbocycles. The molecule has 1 amide bonds. The van der Waals surface area contributed by atoms with Crippen LogP contribution in [0, 0.1) is 5.82 Å². The van der Waals surface area contributed by atoms with Gasteiger partial charge >= 0.3 is 0 Å². The van der Waals surface area contributed by atoms with Gasteiger partial charge in [0.2, 0.25) is 10.0 Å². The normalized spacial score (nSPS) is 11.3. The lowest BCUT2D eigenvalue weighted by Crippen LogP contribution is -2.32. The van der Waals surface area contributed by atoms with E-state index in [1.165, 1.54) is 6.92 Å². The average Bonchev–Trinajstić information content (AvgIpc) is 2.30. The zero-order valence-electron chi connectivity index (χ0n) is 9.34. The molecular formula is C10H10BrClFNO3S. The first kappa shape index (κ1) is 15.4. The molecule has 1 N–H and O–H groups in total. The summed E-state index contributed by atoms with van der Waals surface area (Å²) in [6, 6.07) is 2.19. The third kappa shape index (κ3) is 3.66. The van der Waals surface area contributed by atoms with E-state index in [1.54, 1.807) is 4.72 Å². The smallest absolute Gasteiger partial charge is 0.267 e. The number of alkyl halides is 1. The lowest BCUT2D eigenvalue weighted by molar-refractivity contribution is 0.0977. The first-order chi connectivity index (χ1) is 8.30. The lowest BCUT2D eigenvalue weighted by Gasteiger charge is -2.08. The molecule has 0 aliphatic rings. The molecule has 0 bridgehead atoms. The summed E-state index contributed by atoms with van der Waals surface area (Å²) >= 11 is 8.94. The summed E-state index contributed by atoms with van der Waals surface area (Å²) in [5.74, 6) is -2.12. The molecular weight excluding hydrogens is 349 g/mol. The van der Waals surface area contributed by atoms with E-state index in [2.05, 4.69) is 15.9 Å². The van der Waals surface area contributed by atoms with Gasteiger partial charge in [-0.1, -0.05) is 27.5 Å². The lowest BCUT2D eigenvalue weighted by atomic mass is 10.1. The summed E-state index contributed by atoms with van der Waals surface area (Å²) in [4.78, 5) is 11.6. The van der Waals surface area contributed by atoms with E-state index in [0.717, 1.165) is 12.1 Å². The number of sulfonamides is 1. The second-order valence-corrected chi connectivity index (χ2v) is 6.37. The molecule has 100 valence electrons. The van der Waals surface area contributed by atoms with Crippen molar-refractivity contribution >= 4 is 43.5 Å². The number of benzene rings is 1. The van der Waals surface area contributed by atoms with Gasteiger partial charge in [0.25, 0.3) is 5.91 Å². The Morgan fingerprint density at radius 3 is 2.61 bits per heavy atom. The quantitative estimate of drug-likeness (QED) is 0.841. The maximum absolute atomic E-state index is 13.6. The Hall–Kier alpha value is -0.660. The second kappa shape index (κ2) is 5.99. The molecule has 4 nitrogen and oxygen atoms in total. The van der Waals surface area contributed by atoms with Gasteiger partial charge in [0.05, 0.1) is 11.3 Å². The number of hydrogen-bond acceptors (Lipinski definition) is 3. The summed E-state index contributed by atoms with van der Waals surface area (Å²) in [5.41, 5.74) is 0.0748. The number of carbonyl (C=O) groups is 1. The molecule has 0 unspecified atom stereocenters. The molecule has 8 heteroatoms. The monoisotopic (exact) mass is 357 g/mol. The Bertz CT molecular complexity index is 577. The fraction of sp³-hybridized carbons (Fsp3) is 0.300. The van der Waals surface area contributed by atoms with Gasteiger partial charge in [-0.15, -0.1) is 0 Å². The molecule has 0 heterocycles. The van der Waals surface area contributed by atoms with Gasteiger partial charge in [0, 0.05) is 10.4 Å². The van der Waals surface area contributed by atoms with Crippen LogP contribution in [-0.4, -0.2) is 20.1 Å². The van der Waals surface area contributed by atoms with Gasteiger partial charge in [-0.05, 0) is 24.6 Å². The van der Waals surface area contributed by atoms with Crippen molar-refractivity contribution in [3.05, 3.63) is 34.1 Å². The average molecular weight is 359 g/mol. The van der Waals surface area contributed by atoms with Crippen molar-refractivity contribution in [2.24, 2.45) is 0 Å². The van der Waals surface area contributed by atoms with Crippen LogP contribution >= 0.6 is 27.5 Å². The summed E-state index contributed by atoms with van der Waals surface area (Å²) in [6.45, 7) is 1.37. The zero-order valence-corrected chi connectivity index (χ0v) is 12.5. The third-order valence-electron chi connectivity index (χ3n) is 2.15. The number of halogens is 3. The van der Waals surface area contributed by atoms with Crippen LogP contribution in [-0.2, 0) is 15.4 Å². The highest BCUT2D eigenvalue weighted by atomic mass is 79.9. The van der Waals surface area contributed by atoms with Gasteiger partial charge in [0.1, 0.15) is 5.82 Å². The molecule has 18 heavy (non-hydrogen) atoms. The fourth-order valence-corrected chi connectivity index (χ4v) is 2.53. The predicted molar refractivity (Wildman–Crippen MR) is 71.0 cm³/mol. The van der Waals surface area contributed by atoms with Crippen molar-refractivity contribution in [3.63, 3.8) is 0 Å². The van der Waals surface area contributed by atoms with Crippen molar-refractivity contribution < 1.29 is 17.6 Å². The minimum atomic E-state index is -3.73. The molecule has 0 saturated carbocycles. The highest BCUT2D eigenvalue weighted by Gasteiger charge is 2.19. The van der Waals surface area contributed by atoms with Crippen molar-refractivity contribution in [2.75, 3.05) is 5.75 Å². The van der Waals surface area contributed by atoms with E-state index in [4.69, 9.17) is 11.6 Å². The van der Waals surface area contributed by atoms with Crippen LogP contribution in [0.4, 0.5) is 4.39 Å². The molecule has 0 radical (unpaired) electrons.